The lowest BCUT2D eigenvalue weighted by Gasteiger charge is -2.42. The number of hydrogen-bond donors (Lipinski definition) is 1. The van der Waals surface area contributed by atoms with E-state index in [1.807, 2.05) is 0 Å². The van der Waals surface area contributed by atoms with Gasteiger partial charge in [-0.3, -0.25) is 4.90 Å². The molecule has 2 unspecified atom stereocenters. The molecule has 2 nitrogen and oxygen atoms in total. The van der Waals surface area contributed by atoms with Crippen molar-refractivity contribution in [2.24, 2.45) is 5.92 Å². The van der Waals surface area contributed by atoms with E-state index in [4.69, 9.17) is 0 Å². The summed E-state index contributed by atoms with van der Waals surface area (Å²) >= 11 is 0. The zero-order valence-electron chi connectivity index (χ0n) is 9.99. The van der Waals surface area contributed by atoms with E-state index in [2.05, 4.69) is 11.8 Å². The molecule has 2 fully saturated rings. The summed E-state index contributed by atoms with van der Waals surface area (Å²) in [6, 6.07) is 0.830. The molecule has 0 aromatic rings. The Hall–Kier alpha value is -0.0800. The molecule has 2 aliphatic rings. The van der Waals surface area contributed by atoms with Crippen LogP contribution in [0.3, 0.4) is 0 Å². The Morgan fingerprint density at radius 2 is 1.73 bits per heavy atom. The fourth-order valence-electron chi connectivity index (χ4n) is 3.36. The van der Waals surface area contributed by atoms with E-state index in [9.17, 15) is 5.11 Å². The van der Waals surface area contributed by atoms with Crippen molar-refractivity contribution in [1.82, 2.24) is 4.90 Å². The third kappa shape index (κ3) is 2.73. The second-order valence-corrected chi connectivity index (χ2v) is 5.29. The van der Waals surface area contributed by atoms with E-state index in [0.717, 1.165) is 37.9 Å². The van der Waals surface area contributed by atoms with E-state index in [-0.39, 0.29) is 6.10 Å². The molecule has 1 N–H and O–H groups in total. The van der Waals surface area contributed by atoms with Gasteiger partial charge in [-0.2, -0.15) is 0 Å². The fraction of sp³-hybridized carbons (Fsp3) is 1.00. The van der Waals surface area contributed by atoms with Crippen LogP contribution in [0.1, 0.15) is 51.9 Å². The predicted molar refractivity (Wildman–Crippen MR) is 62.9 cm³/mol. The van der Waals surface area contributed by atoms with Gasteiger partial charge in [-0.05, 0) is 31.6 Å². The number of hydrogen-bond acceptors (Lipinski definition) is 2. The molecule has 1 heterocycles. The maximum atomic E-state index is 9.52. The van der Waals surface area contributed by atoms with Gasteiger partial charge in [-0.25, -0.2) is 0 Å². The first-order valence-electron chi connectivity index (χ1n) is 6.73. The van der Waals surface area contributed by atoms with Crippen LogP contribution in [-0.4, -0.2) is 35.2 Å². The van der Waals surface area contributed by atoms with Crippen LogP contribution in [0, 0.1) is 5.92 Å². The molecule has 0 amide bonds. The molecule has 2 rings (SSSR count). The standard InChI is InChI=1S/C13H25NO/c1-2-11-5-3-4-6-13(11)14-9-7-12(15)8-10-14/h11-13,15H,2-10H2,1H3. The summed E-state index contributed by atoms with van der Waals surface area (Å²) < 4.78 is 0. The van der Waals surface area contributed by atoms with Crippen molar-refractivity contribution in [1.29, 1.82) is 0 Å². The normalized spacial score (nSPS) is 35.6. The van der Waals surface area contributed by atoms with Crippen LogP contribution in [0.2, 0.25) is 0 Å². The minimum absolute atomic E-state index is 0.0232. The molecule has 1 aliphatic heterocycles. The van der Waals surface area contributed by atoms with E-state index in [1.165, 1.54) is 32.1 Å². The van der Waals surface area contributed by atoms with Gasteiger partial charge in [0.05, 0.1) is 6.10 Å². The van der Waals surface area contributed by atoms with Crippen molar-refractivity contribution in [3.05, 3.63) is 0 Å². The fourth-order valence-corrected chi connectivity index (χ4v) is 3.36. The Morgan fingerprint density at radius 1 is 1.07 bits per heavy atom. The van der Waals surface area contributed by atoms with Crippen LogP contribution in [0.4, 0.5) is 0 Å². The highest BCUT2D eigenvalue weighted by Gasteiger charge is 2.30. The van der Waals surface area contributed by atoms with Crippen molar-refractivity contribution in [2.75, 3.05) is 13.1 Å². The molecular weight excluding hydrogens is 186 g/mol. The Kier molecular flexibility index (Phi) is 4.04. The van der Waals surface area contributed by atoms with Gasteiger partial charge in [0.15, 0.2) is 0 Å². The average molecular weight is 211 g/mol. The Labute approximate surface area is 93.7 Å². The maximum absolute atomic E-state index is 9.52. The van der Waals surface area contributed by atoms with Crippen LogP contribution in [-0.2, 0) is 0 Å². The zero-order valence-corrected chi connectivity index (χ0v) is 9.99. The molecule has 1 saturated heterocycles. The van der Waals surface area contributed by atoms with Crippen molar-refractivity contribution in [3.63, 3.8) is 0 Å². The first-order valence-corrected chi connectivity index (χ1v) is 6.73. The molecule has 0 spiro atoms. The molecule has 15 heavy (non-hydrogen) atoms. The molecule has 0 bridgehead atoms. The van der Waals surface area contributed by atoms with E-state index >= 15 is 0 Å². The van der Waals surface area contributed by atoms with E-state index < -0.39 is 0 Å². The van der Waals surface area contributed by atoms with Crippen molar-refractivity contribution in [3.8, 4) is 0 Å². The number of rotatable bonds is 2. The van der Waals surface area contributed by atoms with Crippen molar-refractivity contribution < 1.29 is 5.11 Å². The van der Waals surface area contributed by atoms with Gasteiger partial charge >= 0.3 is 0 Å². The van der Waals surface area contributed by atoms with Gasteiger partial charge in [0.2, 0.25) is 0 Å². The van der Waals surface area contributed by atoms with Crippen molar-refractivity contribution in [2.45, 2.75) is 64.0 Å². The second-order valence-electron chi connectivity index (χ2n) is 5.29. The van der Waals surface area contributed by atoms with E-state index in [0.29, 0.717) is 0 Å². The third-order valence-corrected chi connectivity index (χ3v) is 4.36. The lowest BCUT2D eigenvalue weighted by Crippen LogP contribution is -2.47. The SMILES string of the molecule is CCC1CCCCC1N1CCC(O)CC1. The summed E-state index contributed by atoms with van der Waals surface area (Å²) in [6.07, 6.45) is 8.98. The summed E-state index contributed by atoms with van der Waals surface area (Å²) in [5.74, 6) is 0.925. The second kappa shape index (κ2) is 5.31. The Morgan fingerprint density at radius 3 is 2.40 bits per heavy atom. The van der Waals surface area contributed by atoms with Crippen molar-refractivity contribution >= 4 is 0 Å². The third-order valence-electron chi connectivity index (χ3n) is 4.36. The molecular formula is C13H25NO. The van der Waals surface area contributed by atoms with Gasteiger partial charge in [-0.1, -0.05) is 26.2 Å². The van der Waals surface area contributed by atoms with Gasteiger partial charge in [0.1, 0.15) is 0 Å². The smallest absolute Gasteiger partial charge is 0.0564 e. The summed E-state index contributed by atoms with van der Waals surface area (Å²) in [7, 11) is 0. The first kappa shape index (κ1) is 11.4. The average Bonchev–Trinajstić information content (AvgIpc) is 2.30. The molecule has 1 aliphatic carbocycles. The van der Waals surface area contributed by atoms with Gasteiger partial charge in [0, 0.05) is 19.1 Å². The van der Waals surface area contributed by atoms with E-state index in [1.54, 1.807) is 0 Å². The number of aliphatic hydroxyl groups is 1. The number of likely N-dealkylation sites (tertiary alicyclic amines) is 1. The van der Waals surface area contributed by atoms with Gasteiger partial charge in [0.25, 0.3) is 0 Å². The summed E-state index contributed by atoms with van der Waals surface area (Å²) in [4.78, 5) is 2.65. The molecule has 1 saturated carbocycles. The largest absolute Gasteiger partial charge is 0.393 e. The number of nitrogens with zero attached hydrogens (tertiary/aromatic N) is 1. The summed E-state index contributed by atoms with van der Waals surface area (Å²) in [5.41, 5.74) is 0. The minimum Gasteiger partial charge on any atom is -0.393 e. The number of aliphatic hydroxyl groups excluding tert-OH is 1. The summed E-state index contributed by atoms with van der Waals surface area (Å²) in [5, 5.41) is 9.52. The zero-order chi connectivity index (χ0) is 10.7. The van der Waals surface area contributed by atoms with Crippen LogP contribution in [0.5, 0.6) is 0 Å². The lowest BCUT2D eigenvalue weighted by molar-refractivity contribution is 0.0293. The molecule has 0 aromatic carbocycles. The van der Waals surface area contributed by atoms with Gasteiger partial charge in [-0.15, -0.1) is 0 Å². The molecule has 2 heteroatoms. The first-order chi connectivity index (χ1) is 7.31. The highest BCUT2D eigenvalue weighted by molar-refractivity contribution is 4.85. The molecule has 88 valence electrons. The molecule has 0 aromatic heterocycles. The highest BCUT2D eigenvalue weighted by atomic mass is 16.3. The van der Waals surface area contributed by atoms with Crippen LogP contribution in [0.15, 0.2) is 0 Å². The predicted octanol–water partition coefficient (Wildman–Crippen LogP) is 2.41. The topological polar surface area (TPSA) is 23.5 Å². The van der Waals surface area contributed by atoms with Crippen LogP contribution < -0.4 is 0 Å². The minimum atomic E-state index is -0.0232. The Balaban J connectivity index is 1.90. The van der Waals surface area contributed by atoms with Gasteiger partial charge < -0.3 is 5.11 Å². The van der Waals surface area contributed by atoms with Crippen LogP contribution >= 0.6 is 0 Å². The highest BCUT2D eigenvalue weighted by Crippen LogP contribution is 2.32. The van der Waals surface area contributed by atoms with Crippen LogP contribution in [0.25, 0.3) is 0 Å². The number of piperidine rings is 1. The summed E-state index contributed by atoms with van der Waals surface area (Å²) in [6.45, 7) is 4.59. The monoisotopic (exact) mass is 211 g/mol. The lowest BCUT2D eigenvalue weighted by atomic mass is 9.81. The quantitative estimate of drug-likeness (QED) is 0.758. The molecule has 2 atom stereocenters. The Bertz CT molecular complexity index is 187. The molecule has 0 radical (unpaired) electrons. The maximum Gasteiger partial charge on any atom is 0.0564 e.